The summed E-state index contributed by atoms with van der Waals surface area (Å²) in [5, 5.41) is 0.201. The number of hydrogen-bond donors (Lipinski definition) is 0. The zero-order chi connectivity index (χ0) is 14.1. The topological polar surface area (TPSA) is 35.0 Å². The van der Waals surface area contributed by atoms with Crippen LogP contribution in [-0.2, 0) is 0 Å². The second-order valence-corrected chi connectivity index (χ2v) is 5.33. The first kappa shape index (κ1) is 13.3. The van der Waals surface area contributed by atoms with Crippen LogP contribution in [0.5, 0.6) is 11.5 Å². The van der Waals surface area contributed by atoms with E-state index in [1.165, 1.54) is 18.2 Å². The van der Waals surface area contributed by atoms with E-state index < -0.39 is 5.82 Å². The third-order valence-electron chi connectivity index (χ3n) is 2.62. The van der Waals surface area contributed by atoms with Gasteiger partial charge in [-0.3, -0.25) is 4.98 Å². The Hall–Kier alpha value is -1.72. The van der Waals surface area contributed by atoms with Crippen LogP contribution in [0.1, 0.15) is 0 Å². The molecule has 0 aliphatic rings. The van der Waals surface area contributed by atoms with Crippen molar-refractivity contribution in [3.05, 3.63) is 58.0 Å². The molecule has 3 nitrogen and oxygen atoms in total. The van der Waals surface area contributed by atoms with Crippen molar-refractivity contribution >= 4 is 38.6 Å². The molecule has 0 saturated heterocycles. The van der Waals surface area contributed by atoms with Crippen LogP contribution >= 0.6 is 27.5 Å². The lowest BCUT2D eigenvalue weighted by Crippen LogP contribution is -1.91. The standard InChI is InChI=1S/C14H7BrClFN2O/c15-8-5-11-14(19-7-8)13(3-4-18-11)20-12-2-1-9(17)6-10(12)16/h1-7H. The Balaban J connectivity index is 2.06. The fraction of sp³-hybridized carbons (Fsp3) is 0. The Labute approximate surface area is 127 Å². The Morgan fingerprint density at radius 1 is 1.10 bits per heavy atom. The van der Waals surface area contributed by atoms with Gasteiger partial charge in [0.05, 0.1) is 10.5 Å². The van der Waals surface area contributed by atoms with E-state index in [4.69, 9.17) is 16.3 Å². The van der Waals surface area contributed by atoms with E-state index in [2.05, 4.69) is 25.9 Å². The molecule has 6 heteroatoms. The first-order valence-electron chi connectivity index (χ1n) is 5.66. The molecule has 2 heterocycles. The average molecular weight is 354 g/mol. The van der Waals surface area contributed by atoms with Gasteiger partial charge >= 0.3 is 0 Å². The summed E-state index contributed by atoms with van der Waals surface area (Å²) in [5.74, 6) is 0.463. The third-order valence-corrected chi connectivity index (χ3v) is 3.35. The molecule has 20 heavy (non-hydrogen) atoms. The van der Waals surface area contributed by atoms with E-state index in [0.29, 0.717) is 22.5 Å². The van der Waals surface area contributed by atoms with Crippen molar-refractivity contribution in [1.82, 2.24) is 9.97 Å². The maximum atomic E-state index is 13.0. The largest absolute Gasteiger partial charge is 0.453 e. The monoisotopic (exact) mass is 352 g/mol. The average Bonchev–Trinajstić information content (AvgIpc) is 2.41. The zero-order valence-electron chi connectivity index (χ0n) is 9.98. The van der Waals surface area contributed by atoms with E-state index in [9.17, 15) is 4.39 Å². The summed E-state index contributed by atoms with van der Waals surface area (Å²) in [6.45, 7) is 0. The number of hydrogen-bond acceptors (Lipinski definition) is 3. The number of aromatic nitrogens is 2. The molecule has 3 aromatic rings. The quantitative estimate of drug-likeness (QED) is 0.652. The number of nitrogens with zero attached hydrogens (tertiary/aromatic N) is 2. The number of rotatable bonds is 2. The molecule has 2 aromatic heterocycles. The van der Waals surface area contributed by atoms with Crippen LogP contribution < -0.4 is 4.74 Å². The lowest BCUT2D eigenvalue weighted by Gasteiger charge is -2.09. The van der Waals surface area contributed by atoms with Gasteiger partial charge in [0.25, 0.3) is 0 Å². The van der Waals surface area contributed by atoms with Crippen molar-refractivity contribution in [3.8, 4) is 11.5 Å². The van der Waals surface area contributed by atoms with Crippen LogP contribution in [0.3, 0.4) is 0 Å². The van der Waals surface area contributed by atoms with Crippen molar-refractivity contribution in [1.29, 1.82) is 0 Å². The highest BCUT2D eigenvalue weighted by atomic mass is 79.9. The molecule has 1 aromatic carbocycles. The smallest absolute Gasteiger partial charge is 0.156 e. The molecule has 0 aliphatic carbocycles. The first-order valence-corrected chi connectivity index (χ1v) is 6.84. The van der Waals surface area contributed by atoms with Gasteiger partial charge in [0.1, 0.15) is 17.1 Å². The van der Waals surface area contributed by atoms with Gasteiger partial charge in [-0.2, -0.15) is 0 Å². The summed E-state index contributed by atoms with van der Waals surface area (Å²) in [6, 6.07) is 7.48. The summed E-state index contributed by atoms with van der Waals surface area (Å²) in [5.41, 5.74) is 1.30. The molecule has 0 aliphatic heterocycles. The third kappa shape index (κ3) is 2.59. The number of fused-ring (bicyclic) bond motifs is 1. The van der Waals surface area contributed by atoms with E-state index >= 15 is 0 Å². The van der Waals surface area contributed by atoms with Gasteiger partial charge in [-0.15, -0.1) is 0 Å². The Kier molecular flexibility index (Phi) is 3.54. The van der Waals surface area contributed by atoms with Gasteiger partial charge in [-0.25, -0.2) is 9.37 Å². The van der Waals surface area contributed by atoms with E-state index in [0.717, 1.165) is 4.47 Å². The molecule has 0 radical (unpaired) electrons. The van der Waals surface area contributed by atoms with Crippen molar-refractivity contribution in [2.75, 3.05) is 0 Å². The molecule has 0 bridgehead atoms. The van der Waals surface area contributed by atoms with Gasteiger partial charge < -0.3 is 4.74 Å². The molecular formula is C14H7BrClFN2O. The van der Waals surface area contributed by atoms with Crippen molar-refractivity contribution < 1.29 is 9.13 Å². The Morgan fingerprint density at radius 2 is 1.95 bits per heavy atom. The van der Waals surface area contributed by atoms with Gasteiger partial charge in [0, 0.05) is 22.9 Å². The second kappa shape index (κ2) is 5.34. The lowest BCUT2D eigenvalue weighted by molar-refractivity contribution is 0.485. The molecule has 0 saturated carbocycles. The highest BCUT2D eigenvalue weighted by Crippen LogP contribution is 2.33. The minimum atomic E-state index is -0.413. The van der Waals surface area contributed by atoms with Gasteiger partial charge in [-0.05, 0) is 40.2 Å². The highest BCUT2D eigenvalue weighted by Gasteiger charge is 2.09. The van der Waals surface area contributed by atoms with Crippen molar-refractivity contribution in [2.24, 2.45) is 0 Å². The minimum absolute atomic E-state index is 0.201. The summed E-state index contributed by atoms with van der Waals surface area (Å²) in [4.78, 5) is 8.49. The Bertz CT molecular complexity index is 797. The minimum Gasteiger partial charge on any atom is -0.453 e. The van der Waals surface area contributed by atoms with Crippen LogP contribution in [0.2, 0.25) is 5.02 Å². The van der Waals surface area contributed by atoms with Crippen LogP contribution in [-0.4, -0.2) is 9.97 Å². The van der Waals surface area contributed by atoms with Crippen LogP contribution in [0.4, 0.5) is 4.39 Å². The fourth-order valence-electron chi connectivity index (χ4n) is 1.74. The molecule has 0 N–H and O–H groups in total. The van der Waals surface area contributed by atoms with Crippen LogP contribution in [0.15, 0.2) is 47.2 Å². The summed E-state index contributed by atoms with van der Waals surface area (Å²) in [7, 11) is 0. The normalized spacial score (nSPS) is 10.8. The fourth-order valence-corrected chi connectivity index (χ4v) is 2.26. The van der Waals surface area contributed by atoms with Gasteiger partial charge in [0.15, 0.2) is 5.75 Å². The second-order valence-electron chi connectivity index (χ2n) is 4.01. The summed E-state index contributed by atoms with van der Waals surface area (Å²) in [6.07, 6.45) is 3.27. The van der Waals surface area contributed by atoms with Crippen molar-refractivity contribution in [2.45, 2.75) is 0 Å². The molecule has 0 unspecified atom stereocenters. The van der Waals surface area contributed by atoms with E-state index in [-0.39, 0.29) is 5.02 Å². The molecular weight excluding hydrogens is 347 g/mol. The maximum Gasteiger partial charge on any atom is 0.156 e. The van der Waals surface area contributed by atoms with Gasteiger partial charge in [0.2, 0.25) is 0 Å². The van der Waals surface area contributed by atoms with E-state index in [1.54, 1.807) is 18.5 Å². The predicted octanol–water partition coefficient (Wildman–Crippen LogP) is 4.98. The Morgan fingerprint density at radius 3 is 2.75 bits per heavy atom. The van der Waals surface area contributed by atoms with Crippen molar-refractivity contribution in [3.63, 3.8) is 0 Å². The number of pyridine rings is 2. The molecule has 3 rings (SSSR count). The summed E-state index contributed by atoms with van der Waals surface area (Å²) >= 11 is 9.28. The highest BCUT2D eigenvalue weighted by molar-refractivity contribution is 9.10. The van der Waals surface area contributed by atoms with Crippen LogP contribution in [0.25, 0.3) is 11.0 Å². The molecule has 0 spiro atoms. The lowest BCUT2D eigenvalue weighted by atomic mass is 10.3. The molecule has 0 atom stereocenters. The SMILES string of the molecule is Fc1ccc(Oc2ccnc3cc(Br)cnc23)c(Cl)c1. The summed E-state index contributed by atoms with van der Waals surface area (Å²) < 4.78 is 19.5. The zero-order valence-corrected chi connectivity index (χ0v) is 12.3. The molecule has 100 valence electrons. The number of benzene rings is 1. The maximum absolute atomic E-state index is 13.0. The molecule has 0 amide bonds. The first-order chi connectivity index (χ1) is 9.63. The predicted molar refractivity (Wildman–Crippen MR) is 78.7 cm³/mol. The van der Waals surface area contributed by atoms with Crippen LogP contribution in [0, 0.1) is 5.82 Å². The molecule has 0 fully saturated rings. The number of halogens is 3. The number of ether oxygens (including phenoxy) is 1. The van der Waals surface area contributed by atoms with E-state index in [1.807, 2.05) is 6.07 Å². The van der Waals surface area contributed by atoms with Gasteiger partial charge in [-0.1, -0.05) is 11.6 Å².